The highest BCUT2D eigenvalue weighted by atomic mass is 31.1. The summed E-state index contributed by atoms with van der Waals surface area (Å²) in [5.41, 5.74) is 4.20. The number of benzene rings is 2. The Balaban J connectivity index is 2.11. The predicted octanol–water partition coefficient (Wildman–Crippen LogP) is 6.34. The van der Waals surface area contributed by atoms with E-state index in [-0.39, 0.29) is 7.92 Å². The van der Waals surface area contributed by atoms with Gasteiger partial charge in [0.1, 0.15) is 0 Å². The summed E-state index contributed by atoms with van der Waals surface area (Å²) < 4.78 is 2.52. The van der Waals surface area contributed by atoms with E-state index in [9.17, 15) is 0 Å². The Kier molecular flexibility index (Phi) is 6.10. The summed E-state index contributed by atoms with van der Waals surface area (Å²) in [5, 5.41) is 1.37. The Labute approximate surface area is 147 Å². The van der Waals surface area contributed by atoms with Crippen molar-refractivity contribution in [1.82, 2.24) is 4.57 Å². The third-order valence-electron chi connectivity index (χ3n) is 4.59. The first kappa shape index (κ1) is 17.2. The van der Waals surface area contributed by atoms with Crippen LogP contribution in [0, 0.1) is 0 Å². The molecule has 0 aliphatic carbocycles. The maximum Gasteiger partial charge on any atom is 0.0535 e. The first-order valence-corrected chi connectivity index (χ1v) is 11.0. The largest absolute Gasteiger partial charge is 0.310 e. The standard InChI is InChI=1S/C22H28NP/c1-3-5-16-24(17-6-4-2)22-18-19-12-10-11-15-21(19)23(22)20-13-8-7-9-14-20/h7-15,18H,3-6,16-17H2,1-2H3. The number of rotatable bonds is 8. The molecule has 0 atom stereocenters. The zero-order chi connectivity index (χ0) is 16.8. The molecule has 1 aromatic heterocycles. The van der Waals surface area contributed by atoms with Crippen molar-refractivity contribution in [2.45, 2.75) is 39.5 Å². The van der Waals surface area contributed by atoms with Crippen molar-refractivity contribution in [2.24, 2.45) is 0 Å². The van der Waals surface area contributed by atoms with Gasteiger partial charge in [-0.2, -0.15) is 0 Å². The molecule has 0 saturated carbocycles. The molecule has 2 heteroatoms. The molecule has 1 nitrogen and oxygen atoms in total. The van der Waals surface area contributed by atoms with E-state index in [1.807, 2.05) is 0 Å². The van der Waals surface area contributed by atoms with E-state index in [4.69, 9.17) is 0 Å². The van der Waals surface area contributed by atoms with Crippen LogP contribution in [0.4, 0.5) is 0 Å². The first-order chi connectivity index (χ1) is 11.8. The summed E-state index contributed by atoms with van der Waals surface area (Å²) in [7, 11) is -0.0958. The van der Waals surface area contributed by atoms with E-state index in [0.717, 1.165) is 0 Å². The van der Waals surface area contributed by atoms with Gasteiger partial charge in [0.25, 0.3) is 0 Å². The number of hydrogen-bond donors (Lipinski definition) is 0. The lowest BCUT2D eigenvalue weighted by atomic mass is 10.2. The lowest BCUT2D eigenvalue weighted by molar-refractivity contribution is 0.869. The zero-order valence-electron chi connectivity index (χ0n) is 14.9. The van der Waals surface area contributed by atoms with Gasteiger partial charge in [0, 0.05) is 16.5 Å². The average molecular weight is 337 g/mol. The highest BCUT2D eigenvalue weighted by Crippen LogP contribution is 2.39. The van der Waals surface area contributed by atoms with Crippen LogP contribution < -0.4 is 5.44 Å². The van der Waals surface area contributed by atoms with Crippen LogP contribution in [0.25, 0.3) is 16.6 Å². The number of nitrogens with zero attached hydrogens (tertiary/aromatic N) is 1. The maximum atomic E-state index is 2.52. The second-order valence-electron chi connectivity index (χ2n) is 6.43. The second kappa shape index (κ2) is 8.49. The Bertz CT molecular complexity index is 752. The first-order valence-electron chi connectivity index (χ1n) is 9.26. The van der Waals surface area contributed by atoms with Crippen molar-refractivity contribution in [3.63, 3.8) is 0 Å². The summed E-state index contributed by atoms with van der Waals surface area (Å²) in [6.07, 6.45) is 7.97. The fourth-order valence-corrected chi connectivity index (χ4v) is 6.17. The monoisotopic (exact) mass is 337 g/mol. The van der Waals surface area contributed by atoms with Crippen LogP contribution in [-0.2, 0) is 0 Å². The van der Waals surface area contributed by atoms with Gasteiger partial charge in [-0.3, -0.25) is 0 Å². The molecule has 0 aliphatic rings. The van der Waals surface area contributed by atoms with Crippen molar-refractivity contribution in [3.8, 4) is 5.69 Å². The van der Waals surface area contributed by atoms with E-state index in [2.05, 4.69) is 79.1 Å². The van der Waals surface area contributed by atoms with Crippen LogP contribution in [0.2, 0.25) is 0 Å². The average Bonchev–Trinajstić information content (AvgIpc) is 3.02. The van der Waals surface area contributed by atoms with Gasteiger partial charge >= 0.3 is 0 Å². The van der Waals surface area contributed by atoms with E-state index in [1.165, 1.54) is 54.6 Å². The molecule has 0 saturated heterocycles. The summed E-state index contributed by atoms with van der Waals surface area (Å²) in [6, 6.07) is 22.2. The molecule has 0 aliphatic heterocycles. The fraction of sp³-hybridized carbons (Fsp3) is 0.364. The minimum Gasteiger partial charge on any atom is -0.310 e. The van der Waals surface area contributed by atoms with Gasteiger partial charge < -0.3 is 4.57 Å². The summed E-state index contributed by atoms with van der Waals surface area (Å²) >= 11 is 0. The minimum absolute atomic E-state index is 0.0958. The molecular formula is C22H28NP. The molecule has 0 bridgehead atoms. The lowest BCUT2D eigenvalue weighted by Crippen LogP contribution is -2.16. The predicted molar refractivity (Wildman–Crippen MR) is 109 cm³/mol. The molecule has 2 aromatic carbocycles. The van der Waals surface area contributed by atoms with E-state index in [1.54, 1.807) is 5.44 Å². The fourth-order valence-electron chi connectivity index (χ4n) is 3.26. The minimum atomic E-state index is -0.0958. The summed E-state index contributed by atoms with van der Waals surface area (Å²) in [6.45, 7) is 4.61. The van der Waals surface area contributed by atoms with Crippen LogP contribution in [0.3, 0.4) is 0 Å². The molecule has 3 rings (SSSR count). The zero-order valence-corrected chi connectivity index (χ0v) is 15.8. The lowest BCUT2D eigenvalue weighted by Gasteiger charge is -2.20. The Morgan fingerprint density at radius 3 is 2.08 bits per heavy atom. The highest BCUT2D eigenvalue weighted by molar-refractivity contribution is 7.65. The summed E-state index contributed by atoms with van der Waals surface area (Å²) in [4.78, 5) is 0. The van der Waals surface area contributed by atoms with Gasteiger partial charge in [-0.15, -0.1) is 0 Å². The van der Waals surface area contributed by atoms with E-state index < -0.39 is 0 Å². The summed E-state index contributed by atoms with van der Waals surface area (Å²) in [5.74, 6) is 0. The number of fused-ring (bicyclic) bond motifs is 1. The van der Waals surface area contributed by atoms with Gasteiger partial charge in [-0.25, -0.2) is 0 Å². The second-order valence-corrected chi connectivity index (χ2v) is 8.86. The topological polar surface area (TPSA) is 4.93 Å². The molecule has 0 fully saturated rings. The van der Waals surface area contributed by atoms with Crippen molar-refractivity contribution >= 4 is 24.3 Å². The Hall–Kier alpha value is -1.59. The molecule has 24 heavy (non-hydrogen) atoms. The normalized spacial score (nSPS) is 11.5. The smallest absolute Gasteiger partial charge is 0.0535 e. The maximum absolute atomic E-state index is 2.52. The van der Waals surface area contributed by atoms with Gasteiger partial charge in [-0.1, -0.05) is 71.0 Å². The van der Waals surface area contributed by atoms with Crippen LogP contribution in [0.5, 0.6) is 0 Å². The molecule has 1 heterocycles. The van der Waals surface area contributed by atoms with Crippen LogP contribution in [0.1, 0.15) is 39.5 Å². The highest BCUT2D eigenvalue weighted by Gasteiger charge is 2.18. The Morgan fingerprint density at radius 1 is 0.792 bits per heavy atom. The molecule has 0 amide bonds. The number of unbranched alkanes of at least 4 members (excludes halogenated alkanes) is 2. The quantitative estimate of drug-likeness (QED) is 0.423. The Morgan fingerprint density at radius 2 is 1.42 bits per heavy atom. The van der Waals surface area contributed by atoms with Crippen LogP contribution in [0.15, 0.2) is 60.7 Å². The van der Waals surface area contributed by atoms with Gasteiger partial charge in [-0.05, 0) is 49.4 Å². The molecule has 126 valence electrons. The van der Waals surface area contributed by atoms with Gasteiger partial charge in [0.05, 0.1) is 5.52 Å². The molecular weight excluding hydrogens is 309 g/mol. The SMILES string of the molecule is CCCCP(CCCC)c1cc2ccccc2n1-c1ccccc1. The van der Waals surface area contributed by atoms with Gasteiger partial charge in [0.15, 0.2) is 0 Å². The molecule has 0 N–H and O–H groups in total. The van der Waals surface area contributed by atoms with Crippen molar-refractivity contribution in [1.29, 1.82) is 0 Å². The molecule has 0 spiro atoms. The molecule has 0 radical (unpaired) electrons. The molecule has 0 unspecified atom stereocenters. The molecule has 3 aromatic rings. The van der Waals surface area contributed by atoms with E-state index >= 15 is 0 Å². The van der Waals surface area contributed by atoms with Crippen LogP contribution >= 0.6 is 7.92 Å². The number of para-hydroxylation sites is 2. The van der Waals surface area contributed by atoms with Crippen molar-refractivity contribution < 1.29 is 0 Å². The third-order valence-corrected chi connectivity index (χ3v) is 7.28. The third kappa shape index (κ3) is 3.73. The number of hydrogen-bond acceptors (Lipinski definition) is 0. The van der Waals surface area contributed by atoms with Crippen LogP contribution in [-0.4, -0.2) is 16.9 Å². The van der Waals surface area contributed by atoms with Gasteiger partial charge in [0.2, 0.25) is 0 Å². The van der Waals surface area contributed by atoms with Crippen molar-refractivity contribution in [2.75, 3.05) is 12.3 Å². The van der Waals surface area contributed by atoms with E-state index in [0.29, 0.717) is 0 Å². The van der Waals surface area contributed by atoms with Crippen molar-refractivity contribution in [3.05, 3.63) is 60.7 Å². The number of aromatic nitrogens is 1.